The maximum Gasteiger partial charge on any atom is 0.168 e. The lowest BCUT2D eigenvalue weighted by molar-refractivity contribution is -0.182. The van der Waals surface area contributed by atoms with Gasteiger partial charge in [0.25, 0.3) is 0 Å². The summed E-state index contributed by atoms with van der Waals surface area (Å²) >= 11 is 0. The molecule has 0 aromatic heterocycles. The van der Waals surface area contributed by atoms with Crippen LogP contribution in [-0.4, -0.2) is 43.8 Å². The Labute approximate surface area is 121 Å². The summed E-state index contributed by atoms with van der Waals surface area (Å²) in [5.74, 6) is 0.506. The summed E-state index contributed by atoms with van der Waals surface area (Å²) in [5.41, 5.74) is 0.288. The van der Waals surface area contributed by atoms with Crippen LogP contribution in [0.3, 0.4) is 0 Å². The predicted molar refractivity (Wildman–Crippen MR) is 75.4 cm³/mol. The molecule has 0 aromatic rings. The summed E-state index contributed by atoms with van der Waals surface area (Å²) in [4.78, 5) is 0. The third-order valence-electron chi connectivity index (χ3n) is 6.08. The van der Waals surface area contributed by atoms with E-state index in [2.05, 4.69) is 19.2 Å². The number of hydrogen-bond donors (Lipinski definition) is 1. The lowest BCUT2D eigenvalue weighted by Crippen LogP contribution is -2.67. The molecule has 2 saturated carbocycles. The van der Waals surface area contributed by atoms with Crippen LogP contribution in [0.15, 0.2) is 0 Å². The van der Waals surface area contributed by atoms with Gasteiger partial charge in [-0.2, -0.15) is 0 Å². The highest BCUT2D eigenvalue weighted by atomic mass is 16.7. The van der Waals surface area contributed by atoms with Crippen molar-refractivity contribution in [2.75, 3.05) is 19.8 Å². The Balaban J connectivity index is 1.34. The van der Waals surface area contributed by atoms with Crippen LogP contribution in [0.2, 0.25) is 0 Å². The number of fused-ring (bicyclic) bond motifs is 1. The van der Waals surface area contributed by atoms with Crippen LogP contribution in [0.5, 0.6) is 0 Å². The molecular weight excluding hydrogens is 254 g/mol. The van der Waals surface area contributed by atoms with Gasteiger partial charge in [0.2, 0.25) is 0 Å². The Hall–Kier alpha value is -0.160. The van der Waals surface area contributed by atoms with Crippen molar-refractivity contribution >= 4 is 0 Å². The number of nitrogens with one attached hydrogen (secondary N) is 1. The van der Waals surface area contributed by atoms with Crippen LogP contribution in [-0.2, 0) is 14.2 Å². The smallest absolute Gasteiger partial charge is 0.168 e. The monoisotopic (exact) mass is 281 g/mol. The molecule has 2 aliphatic heterocycles. The van der Waals surface area contributed by atoms with Crippen LogP contribution in [0.4, 0.5) is 0 Å². The first kappa shape index (κ1) is 13.5. The molecular formula is C16H27NO3. The predicted octanol–water partition coefficient (Wildman–Crippen LogP) is 2.08. The first-order valence-corrected chi connectivity index (χ1v) is 8.26. The highest BCUT2D eigenvalue weighted by molar-refractivity contribution is 5.12. The fourth-order valence-corrected chi connectivity index (χ4v) is 4.93. The summed E-state index contributed by atoms with van der Waals surface area (Å²) < 4.78 is 17.5. The second-order valence-electron chi connectivity index (χ2n) is 7.59. The van der Waals surface area contributed by atoms with Gasteiger partial charge in [-0.05, 0) is 19.3 Å². The summed E-state index contributed by atoms with van der Waals surface area (Å²) in [6, 6.07) is 1.25. The standard InChI is InChI=1S/C16H27NO3/c1-15(2)13(12-5-8-18-14(12)15)17-11-3-6-16(7-4-11)19-9-10-20-16/h11-14,17H,3-10H2,1-2H3/t12-,13+,14-/m0/s1. The molecule has 1 spiro atoms. The van der Waals surface area contributed by atoms with Gasteiger partial charge < -0.3 is 19.5 Å². The van der Waals surface area contributed by atoms with E-state index >= 15 is 0 Å². The molecule has 0 bridgehead atoms. The first-order valence-electron chi connectivity index (χ1n) is 8.26. The third-order valence-corrected chi connectivity index (χ3v) is 6.08. The van der Waals surface area contributed by atoms with E-state index in [1.165, 1.54) is 19.3 Å². The summed E-state index contributed by atoms with van der Waals surface area (Å²) in [6.07, 6.45) is 6.14. The molecule has 20 heavy (non-hydrogen) atoms. The zero-order valence-electron chi connectivity index (χ0n) is 12.7. The Morgan fingerprint density at radius 1 is 0.950 bits per heavy atom. The summed E-state index contributed by atoms with van der Waals surface area (Å²) in [5, 5.41) is 3.93. The molecule has 2 heterocycles. The Morgan fingerprint density at radius 3 is 2.35 bits per heavy atom. The van der Waals surface area contributed by atoms with E-state index in [1.807, 2.05) is 0 Å². The summed E-state index contributed by atoms with van der Waals surface area (Å²) in [7, 11) is 0. The van der Waals surface area contributed by atoms with Crippen LogP contribution in [0.25, 0.3) is 0 Å². The maximum absolute atomic E-state index is 5.88. The first-order chi connectivity index (χ1) is 9.61. The second kappa shape index (κ2) is 4.67. The average molecular weight is 281 g/mol. The second-order valence-corrected chi connectivity index (χ2v) is 7.59. The molecule has 4 nitrogen and oxygen atoms in total. The molecule has 4 heteroatoms. The molecule has 0 unspecified atom stereocenters. The van der Waals surface area contributed by atoms with Gasteiger partial charge in [0, 0.05) is 42.9 Å². The molecule has 3 atom stereocenters. The minimum absolute atomic E-state index is 0.230. The van der Waals surface area contributed by atoms with Crippen molar-refractivity contribution in [3.05, 3.63) is 0 Å². The van der Waals surface area contributed by atoms with Crippen LogP contribution in [0, 0.1) is 11.3 Å². The minimum Gasteiger partial charge on any atom is -0.377 e. The molecule has 4 aliphatic rings. The molecule has 0 amide bonds. The van der Waals surface area contributed by atoms with Crippen LogP contribution >= 0.6 is 0 Å². The Kier molecular flexibility index (Phi) is 3.15. The largest absolute Gasteiger partial charge is 0.377 e. The van der Waals surface area contributed by atoms with Gasteiger partial charge >= 0.3 is 0 Å². The van der Waals surface area contributed by atoms with E-state index in [4.69, 9.17) is 14.2 Å². The maximum atomic E-state index is 5.88. The lowest BCUT2D eigenvalue weighted by Gasteiger charge is -2.56. The van der Waals surface area contributed by atoms with E-state index in [0.717, 1.165) is 38.6 Å². The zero-order valence-corrected chi connectivity index (χ0v) is 12.7. The fourth-order valence-electron chi connectivity index (χ4n) is 4.93. The van der Waals surface area contributed by atoms with Gasteiger partial charge in [-0.15, -0.1) is 0 Å². The molecule has 0 radical (unpaired) electrons. The SMILES string of the molecule is CC1(C)[C@H](NC2CCC3(CC2)OCCO3)[C@@H]2CCO[C@@H]21. The highest BCUT2D eigenvalue weighted by Crippen LogP contribution is 2.52. The molecule has 1 N–H and O–H groups in total. The van der Waals surface area contributed by atoms with E-state index in [-0.39, 0.29) is 11.2 Å². The molecule has 0 aromatic carbocycles. The molecule has 4 fully saturated rings. The quantitative estimate of drug-likeness (QED) is 0.841. The number of ether oxygens (including phenoxy) is 3. The van der Waals surface area contributed by atoms with Crippen molar-refractivity contribution < 1.29 is 14.2 Å². The molecule has 2 saturated heterocycles. The minimum atomic E-state index is -0.230. The van der Waals surface area contributed by atoms with Crippen molar-refractivity contribution in [2.45, 2.75) is 69.9 Å². The van der Waals surface area contributed by atoms with E-state index < -0.39 is 0 Å². The van der Waals surface area contributed by atoms with Gasteiger partial charge in [-0.3, -0.25) is 0 Å². The number of hydrogen-bond acceptors (Lipinski definition) is 4. The van der Waals surface area contributed by atoms with E-state index in [0.29, 0.717) is 18.2 Å². The van der Waals surface area contributed by atoms with Crippen LogP contribution < -0.4 is 5.32 Å². The van der Waals surface area contributed by atoms with Crippen LogP contribution in [0.1, 0.15) is 46.0 Å². The van der Waals surface area contributed by atoms with Crippen molar-refractivity contribution in [3.63, 3.8) is 0 Å². The van der Waals surface area contributed by atoms with Gasteiger partial charge in [-0.1, -0.05) is 13.8 Å². The number of rotatable bonds is 2. The molecule has 114 valence electrons. The van der Waals surface area contributed by atoms with Gasteiger partial charge in [0.15, 0.2) is 5.79 Å². The third kappa shape index (κ3) is 1.96. The average Bonchev–Trinajstić information content (AvgIpc) is 3.07. The van der Waals surface area contributed by atoms with Crippen molar-refractivity contribution in [1.29, 1.82) is 0 Å². The van der Waals surface area contributed by atoms with E-state index in [1.54, 1.807) is 0 Å². The lowest BCUT2D eigenvalue weighted by atomic mass is 9.57. The van der Waals surface area contributed by atoms with Crippen molar-refractivity contribution in [1.82, 2.24) is 5.32 Å². The van der Waals surface area contributed by atoms with E-state index in [9.17, 15) is 0 Å². The van der Waals surface area contributed by atoms with Crippen molar-refractivity contribution in [3.8, 4) is 0 Å². The summed E-state index contributed by atoms with van der Waals surface area (Å²) in [6.45, 7) is 7.20. The normalized spacial score (nSPS) is 45.3. The van der Waals surface area contributed by atoms with Gasteiger partial charge in [0.05, 0.1) is 19.3 Å². The molecule has 2 aliphatic carbocycles. The topological polar surface area (TPSA) is 39.7 Å². The zero-order chi connectivity index (χ0) is 13.8. The molecule has 4 rings (SSSR count). The van der Waals surface area contributed by atoms with Gasteiger partial charge in [-0.25, -0.2) is 0 Å². The Bertz CT molecular complexity index is 368. The van der Waals surface area contributed by atoms with Gasteiger partial charge in [0.1, 0.15) is 0 Å². The fraction of sp³-hybridized carbons (Fsp3) is 1.00. The van der Waals surface area contributed by atoms with Crippen molar-refractivity contribution in [2.24, 2.45) is 11.3 Å². The highest BCUT2D eigenvalue weighted by Gasteiger charge is 2.59. The Morgan fingerprint density at radius 2 is 1.65 bits per heavy atom.